The molecule has 0 atom stereocenters. The third-order valence-corrected chi connectivity index (χ3v) is 3.71. The van der Waals surface area contributed by atoms with Crippen molar-refractivity contribution in [2.24, 2.45) is 4.99 Å². The van der Waals surface area contributed by atoms with Gasteiger partial charge in [0.25, 0.3) is 0 Å². The first kappa shape index (κ1) is 23.4. The summed E-state index contributed by atoms with van der Waals surface area (Å²) in [7, 11) is 3.36. The maximum atomic E-state index is 13.3. The largest absolute Gasteiger partial charge is 0.382 e. The molecular weight excluding hydrogens is 444 g/mol. The summed E-state index contributed by atoms with van der Waals surface area (Å²) in [6.45, 7) is 3.01. The van der Waals surface area contributed by atoms with Crippen LogP contribution in [-0.4, -0.2) is 52.7 Å². The van der Waals surface area contributed by atoms with Crippen molar-refractivity contribution in [3.63, 3.8) is 0 Å². The van der Waals surface area contributed by atoms with E-state index in [0.29, 0.717) is 38.9 Å². The van der Waals surface area contributed by atoms with Crippen molar-refractivity contribution in [2.75, 3.05) is 46.8 Å². The van der Waals surface area contributed by atoms with E-state index < -0.39 is 0 Å². The molecule has 0 saturated carbocycles. The number of hydrogen-bond donors (Lipinski definition) is 2. The minimum Gasteiger partial charge on any atom is -0.382 e. The van der Waals surface area contributed by atoms with E-state index in [1.54, 1.807) is 32.0 Å². The zero-order valence-electron chi connectivity index (χ0n) is 14.4. The van der Waals surface area contributed by atoms with Crippen molar-refractivity contribution in [3.05, 3.63) is 35.1 Å². The zero-order chi connectivity index (χ0) is 16.9. The number of nitrogens with one attached hydrogen (secondary N) is 2. The summed E-state index contributed by atoms with van der Waals surface area (Å²) >= 11 is 1.67. The standard InChI is InChI=1S/C16H26FN3O2S.HI/c1-18-16(19-6-7-22-9-8-21-2)20-11-13-4-5-15(17)10-14(13)12-23-3;/h4-5,10H,6-9,11-12H2,1-3H3,(H2,18,19,20);1H. The molecule has 8 heteroatoms. The fourth-order valence-corrected chi connectivity index (χ4v) is 2.52. The van der Waals surface area contributed by atoms with E-state index in [9.17, 15) is 4.39 Å². The average Bonchev–Trinajstić information content (AvgIpc) is 2.55. The predicted octanol–water partition coefficient (Wildman–Crippen LogP) is 2.63. The fourth-order valence-electron chi connectivity index (χ4n) is 1.94. The maximum absolute atomic E-state index is 13.3. The molecule has 0 aromatic heterocycles. The van der Waals surface area contributed by atoms with Crippen LogP contribution in [0, 0.1) is 5.82 Å². The van der Waals surface area contributed by atoms with E-state index >= 15 is 0 Å². The second-order valence-corrected chi connectivity index (χ2v) is 5.67. The minimum atomic E-state index is -0.200. The van der Waals surface area contributed by atoms with E-state index in [0.717, 1.165) is 16.9 Å². The molecule has 0 bridgehead atoms. The highest BCUT2D eigenvalue weighted by Gasteiger charge is 2.05. The summed E-state index contributed by atoms with van der Waals surface area (Å²) in [5.41, 5.74) is 2.07. The molecule has 0 spiro atoms. The molecule has 1 aromatic rings. The van der Waals surface area contributed by atoms with Gasteiger partial charge in [-0.05, 0) is 29.5 Å². The molecule has 0 aliphatic heterocycles. The van der Waals surface area contributed by atoms with Crippen LogP contribution >= 0.6 is 35.7 Å². The SMILES string of the molecule is CN=C(NCCOCCOC)NCc1ccc(F)cc1CSC.I. The average molecular weight is 471 g/mol. The Morgan fingerprint density at radius 3 is 2.67 bits per heavy atom. The lowest BCUT2D eigenvalue weighted by atomic mass is 10.1. The molecule has 0 aliphatic carbocycles. The third-order valence-electron chi connectivity index (χ3n) is 3.11. The van der Waals surface area contributed by atoms with Crippen LogP contribution in [0.15, 0.2) is 23.2 Å². The van der Waals surface area contributed by atoms with Crippen LogP contribution in [0.1, 0.15) is 11.1 Å². The first-order chi connectivity index (χ1) is 11.2. The Hall–Kier alpha value is -0.580. The van der Waals surface area contributed by atoms with E-state index in [-0.39, 0.29) is 29.8 Å². The molecule has 24 heavy (non-hydrogen) atoms. The molecule has 0 heterocycles. The van der Waals surface area contributed by atoms with E-state index in [4.69, 9.17) is 9.47 Å². The van der Waals surface area contributed by atoms with Crippen molar-refractivity contribution >= 4 is 41.7 Å². The number of hydrogen-bond acceptors (Lipinski definition) is 4. The third kappa shape index (κ3) is 9.65. The Balaban J connectivity index is 0.00000529. The highest BCUT2D eigenvalue weighted by atomic mass is 127. The van der Waals surface area contributed by atoms with Gasteiger partial charge in [0.15, 0.2) is 5.96 Å². The molecule has 138 valence electrons. The van der Waals surface area contributed by atoms with Gasteiger partial charge in [0, 0.05) is 33.0 Å². The lowest BCUT2D eigenvalue weighted by molar-refractivity contribution is 0.0733. The Bertz CT molecular complexity index is 492. The lowest BCUT2D eigenvalue weighted by Crippen LogP contribution is -2.38. The van der Waals surface area contributed by atoms with Crippen LogP contribution in [0.3, 0.4) is 0 Å². The van der Waals surface area contributed by atoms with Gasteiger partial charge in [-0.2, -0.15) is 11.8 Å². The van der Waals surface area contributed by atoms with Crippen molar-refractivity contribution in [2.45, 2.75) is 12.3 Å². The predicted molar refractivity (Wildman–Crippen MR) is 110 cm³/mol. The van der Waals surface area contributed by atoms with Crippen molar-refractivity contribution < 1.29 is 13.9 Å². The molecular formula is C16H27FIN3O2S. The van der Waals surface area contributed by atoms with Crippen LogP contribution in [-0.2, 0) is 21.8 Å². The number of nitrogens with zero attached hydrogens (tertiary/aromatic N) is 1. The van der Waals surface area contributed by atoms with Crippen molar-refractivity contribution in [3.8, 4) is 0 Å². The van der Waals surface area contributed by atoms with E-state index in [2.05, 4.69) is 15.6 Å². The zero-order valence-corrected chi connectivity index (χ0v) is 17.6. The van der Waals surface area contributed by atoms with Gasteiger partial charge in [-0.3, -0.25) is 4.99 Å². The van der Waals surface area contributed by atoms with Gasteiger partial charge >= 0.3 is 0 Å². The van der Waals surface area contributed by atoms with Gasteiger partial charge in [0.1, 0.15) is 5.82 Å². The number of thioether (sulfide) groups is 1. The molecule has 5 nitrogen and oxygen atoms in total. The van der Waals surface area contributed by atoms with Gasteiger partial charge in [-0.15, -0.1) is 24.0 Å². The van der Waals surface area contributed by atoms with Crippen LogP contribution < -0.4 is 10.6 Å². The van der Waals surface area contributed by atoms with E-state index in [1.165, 1.54) is 6.07 Å². The second kappa shape index (κ2) is 14.7. The summed E-state index contributed by atoms with van der Waals surface area (Å²) in [6.07, 6.45) is 2.01. The molecule has 0 saturated heterocycles. The van der Waals surface area contributed by atoms with Crippen LogP contribution in [0.4, 0.5) is 4.39 Å². The van der Waals surface area contributed by atoms with Crippen LogP contribution in [0.2, 0.25) is 0 Å². The van der Waals surface area contributed by atoms with Gasteiger partial charge in [0.2, 0.25) is 0 Å². The van der Waals surface area contributed by atoms with Crippen molar-refractivity contribution in [1.82, 2.24) is 10.6 Å². The fraction of sp³-hybridized carbons (Fsp3) is 0.562. The van der Waals surface area contributed by atoms with Crippen molar-refractivity contribution in [1.29, 1.82) is 0 Å². The quantitative estimate of drug-likeness (QED) is 0.238. The molecule has 1 rings (SSSR count). The highest BCUT2D eigenvalue weighted by Crippen LogP contribution is 2.16. The smallest absolute Gasteiger partial charge is 0.191 e. The maximum Gasteiger partial charge on any atom is 0.191 e. The monoisotopic (exact) mass is 471 g/mol. The number of guanidine groups is 1. The second-order valence-electron chi connectivity index (χ2n) is 4.80. The first-order valence-electron chi connectivity index (χ1n) is 7.48. The molecule has 0 amide bonds. The molecule has 1 aromatic carbocycles. The number of ether oxygens (including phenoxy) is 2. The number of halogens is 2. The van der Waals surface area contributed by atoms with Gasteiger partial charge in [-0.25, -0.2) is 4.39 Å². The number of rotatable bonds is 10. The lowest BCUT2D eigenvalue weighted by Gasteiger charge is -2.14. The molecule has 0 radical (unpaired) electrons. The minimum absolute atomic E-state index is 0. The summed E-state index contributed by atoms with van der Waals surface area (Å²) in [5, 5.41) is 6.41. The van der Waals surface area contributed by atoms with Gasteiger partial charge in [-0.1, -0.05) is 6.07 Å². The van der Waals surface area contributed by atoms with Gasteiger partial charge < -0.3 is 20.1 Å². The Labute approximate surface area is 165 Å². The summed E-state index contributed by atoms with van der Waals surface area (Å²) < 4.78 is 23.6. The molecule has 0 fully saturated rings. The normalized spacial score (nSPS) is 11.1. The Morgan fingerprint density at radius 2 is 2.00 bits per heavy atom. The summed E-state index contributed by atoms with van der Waals surface area (Å²) in [6, 6.07) is 4.89. The van der Waals surface area contributed by atoms with Crippen LogP contribution in [0.5, 0.6) is 0 Å². The van der Waals surface area contributed by atoms with Crippen LogP contribution in [0.25, 0.3) is 0 Å². The Kier molecular flexibility index (Phi) is 14.4. The summed E-state index contributed by atoms with van der Waals surface area (Å²) in [5.74, 6) is 1.28. The Morgan fingerprint density at radius 1 is 1.21 bits per heavy atom. The molecule has 0 unspecified atom stereocenters. The number of aliphatic imine (C=N–C) groups is 1. The first-order valence-corrected chi connectivity index (χ1v) is 8.88. The highest BCUT2D eigenvalue weighted by molar-refractivity contribution is 14.0. The number of benzene rings is 1. The van der Waals surface area contributed by atoms with E-state index in [1.807, 2.05) is 12.3 Å². The molecule has 0 aliphatic rings. The van der Waals surface area contributed by atoms with Gasteiger partial charge in [0.05, 0.1) is 19.8 Å². The summed E-state index contributed by atoms with van der Waals surface area (Å²) in [4.78, 5) is 4.17. The number of methoxy groups -OCH3 is 1. The topological polar surface area (TPSA) is 54.9 Å². The molecule has 2 N–H and O–H groups in total.